The summed E-state index contributed by atoms with van der Waals surface area (Å²) < 4.78 is 5.51. The van der Waals surface area contributed by atoms with Crippen LogP contribution in [-0.4, -0.2) is 25.0 Å². The van der Waals surface area contributed by atoms with E-state index in [9.17, 15) is 9.59 Å². The van der Waals surface area contributed by atoms with Crippen LogP contribution in [0.1, 0.15) is 23.7 Å². The summed E-state index contributed by atoms with van der Waals surface area (Å²) in [6.07, 6.45) is 0.396. The third-order valence-electron chi connectivity index (χ3n) is 3.13. The van der Waals surface area contributed by atoms with E-state index in [1.807, 2.05) is 30.3 Å². The van der Waals surface area contributed by atoms with Crippen LogP contribution < -0.4 is 15.4 Å². The molecule has 2 N–H and O–H groups in total. The van der Waals surface area contributed by atoms with Crippen molar-refractivity contribution >= 4 is 17.5 Å². The Hall–Kier alpha value is -2.82. The van der Waals surface area contributed by atoms with Gasteiger partial charge in [-0.15, -0.1) is 0 Å². The van der Waals surface area contributed by atoms with E-state index in [1.54, 1.807) is 31.2 Å². The molecule has 0 aromatic heterocycles. The second-order valence-electron chi connectivity index (χ2n) is 4.90. The van der Waals surface area contributed by atoms with Gasteiger partial charge < -0.3 is 15.4 Å². The quantitative estimate of drug-likeness (QED) is 0.773. The molecule has 23 heavy (non-hydrogen) atoms. The molecule has 2 aromatic rings. The van der Waals surface area contributed by atoms with Crippen molar-refractivity contribution in [2.24, 2.45) is 0 Å². The summed E-state index contributed by atoms with van der Waals surface area (Å²) in [7, 11) is 0. The number of hydrogen-bond acceptors (Lipinski definition) is 3. The van der Waals surface area contributed by atoms with E-state index in [2.05, 4.69) is 10.6 Å². The second-order valence-corrected chi connectivity index (χ2v) is 4.90. The molecule has 0 radical (unpaired) electrons. The molecule has 0 saturated heterocycles. The number of para-hydroxylation sites is 1. The van der Waals surface area contributed by atoms with Crippen molar-refractivity contribution in [2.45, 2.75) is 13.3 Å². The van der Waals surface area contributed by atoms with E-state index < -0.39 is 0 Å². The average molecular weight is 312 g/mol. The standard InChI is InChI=1S/C18H20N2O3/c1-2-17(21)20-15-8-6-7-14(13-15)18(22)19-11-12-23-16-9-4-3-5-10-16/h3-10,13H,2,11-12H2,1H3,(H,19,22)(H,20,21). The van der Waals surface area contributed by atoms with Gasteiger partial charge >= 0.3 is 0 Å². The van der Waals surface area contributed by atoms with Gasteiger partial charge in [-0.1, -0.05) is 31.2 Å². The highest BCUT2D eigenvalue weighted by Gasteiger charge is 2.07. The van der Waals surface area contributed by atoms with Crippen molar-refractivity contribution in [3.05, 3.63) is 60.2 Å². The summed E-state index contributed by atoms with van der Waals surface area (Å²) in [4.78, 5) is 23.5. The van der Waals surface area contributed by atoms with Crippen molar-refractivity contribution < 1.29 is 14.3 Å². The maximum atomic E-state index is 12.1. The highest BCUT2D eigenvalue weighted by molar-refractivity contribution is 5.97. The minimum atomic E-state index is -0.200. The van der Waals surface area contributed by atoms with Crippen molar-refractivity contribution in [1.82, 2.24) is 5.32 Å². The summed E-state index contributed by atoms with van der Waals surface area (Å²) in [5.41, 5.74) is 1.11. The predicted octanol–water partition coefficient (Wildman–Crippen LogP) is 2.84. The second kappa shape index (κ2) is 8.58. The molecule has 5 nitrogen and oxygen atoms in total. The Morgan fingerprint density at radius 1 is 1.04 bits per heavy atom. The first kappa shape index (κ1) is 16.5. The maximum absolute atomic E-state index is 12.1. The first-order valence-corrected chi connectivity index (χ1v) is 7.55. The van der Waals surface area contributed by atoms with Gasteiger partial charge in [-0.3, -0.25) is 9.59 Å². The summed E-state index contributed by atoms with van der Waals surface area (Å²) >= 11 is 0. The van der Waals surface area contributed by atoms with Crippen LogP contribution in [0.25, 0.3) is 0 Å². The summed E-state index contributed by atoms with van der Waals surface area (Å²) in [6.45, 7) is 2.57. The van der Waals surface area contributed by atoms with E-state index in [0.29, 0.717) is 30.8 Å². The van der Waals surface area contributed by atoms with Gasteiger partial charge in [-0.05, 0) is 30.3 Å². The smallest absolute Gasteiger partial charge is 0.251 e. The van der Waals surface area contributed by atoms with Gasteiger partial charge in [-0.2, -0.15) is 0 Å². The Bertz CT molecular complexity index is 656. The van der Waals surface area contributed by atoms with E-state index in [1.165, 1.54) is 0 Å². The normalized spacial score (nSPS) is 9.96. The topological polar surface area (TPSA) is 67.4 Å². The summed E-state index contributed by atoms with van der Waals surface area (Å²) in [5, 5.41) is 5.52. The largest absolute Gasteiger partial charge is 0.492 e. The van der Waals surface area contributed by atoms with Gasteiger partial charge in [0.15, 0.2) is 0 Å². The molecule has 5 heteroatoms. The molecule has 0 spiro atoms. The zero-order valence-electron chi connectivity index (χ0n) is 13.0. The number of amides is 2. The molecule has 0 saturated carbocycles. The number of hydrogen-bond donors (Lipinski definition) is 2. The highest BCUT2D eigenvalue weighted by atomic mass is 16.5. The van der Waals surface area contributed by atoms with Crippen molar-refractivity contribution in [3.8, 4) is 5.75 Å². The lowest BCUT2D eigenvalue weighted by atomic mass is 10.2. The number of rotatable bonds is 7. The highest BCUT2D eigenvalue weighted by Crippen LogP contribution is 2.11. The van der Waals surface area contributed by atoms with Gasteiger partial charge in [0.1, 0.15) is 12.4 Å². The maximum Gasteiger partial charge on any atom is 0.251 e. The lowest BCUT2D eigenvalue weighted by Crippen LogP contribution is -2.28. The molecular weight excluding hydrogens is 292 g/mol. The molecule has 0 heterocycles. The molecule has 0 aliphatic rings. The number of benzene rings is 2. The monoisotopic (exact) mass is 312 g/mol. The van der Waals surface area contributed by atoms with Crippen molar-refractivity contribution in [2.75, 3.05) is 18.5 Å². The lowest BCUT2D eigenvalue weighted by molar-refractivity contribution is -0.115. The molecular formula is C18H20N2O3. The minimum Gasteiger partial charge on any atom is -0.492 e. The average Bonchev–Trinajstić information content (AvgIpc) is 2.59. The number of nitrogens with one attached hydrogen (secondary N) is 2. The molecule has 0 atom stereocenters. The molecule has 120 valence electrons. The molecule has 2 rings (SSSR count). The van der Waals surface area contributed by atoms with E-state index in [4.69, 9.17) is 4.74 Å². The fourth-order valence-electron chi connectivity index (χ4n) is 1.94. The Labute approximate surface area is 135 Å². The van der Waals surface area contributed by atoms with E-state index in [-0.39, 0.29) is 11.8 Å². The van der Waals surface area contributed by atoms with Gasteiger partial charge in [0, 0.05) is 17.7 Å². The number of ether oxygens (including phenoxy) is 1. The van der Waals surface area contributed by atoms with Crippen LogP contribution in [0.3, 0.4) is 0 Å². The van der Waals surface area contributed by atoms with Crippen LogP contribution in [-0.2, 0) is 4.79 Å². The Morgan fingerprint density at radius 2 is 1.83 bits per heavy atom. The van der Waals surface area contributed by atoms with Gasteiger partial charge in [0.05, 0.1) is 6.54 Å². The zero-order valence-corrected chi connectivity index (χ0v) is 13.0. The minimum absolute atomic E-state index is 0.0844. The van der Waals surface area contributed by atoms with Gasteiger partial charge in [-0.25, -0.2) is 0 Å². The third kappa shape index (κ3) is 5.47. The Balaban J connectivity index is 1.81. The number of anilines is 1. The third-order valence-corrected chi connectivity index (χ3v) is 3.13. The number of carbonyl (C=O) groups excluding carboxylic acids is 2. The van der Waals surface area contributed by atoms with Crippen molar-refractivity contribution in [1.29, 1.82) is 0 Å². The molecule has 2 aromatic carbocycles. The SMILES string of the molecule is CCC(=O)Nc1cccc(C(=O)NCCOc2ccccc2)c1. The summed E-state index contributed by atoms with van der Waals surface area (Å²) in [6, 6.07) is 16.3. The molecule has 0 fully saturated rings. The van der Waals surface area contributed by atoms with E-state index in [0.717, 1.165) is 5.75 Å². The fourth-order valence-corrected chi connectivity index (χ4v) is 1.94. The molecule has 2 amide bonds. The number of carbonyl (C=O) groups is 2. The first-order valence-electron chi connectivity index (χ1n) is 7.55. The first-order chi connectivity index (χ1) is 11.2. The summed E-state index contributed by atoms with van der Waals surface area (Å²) in [5.74, 6) is 0.485. The predicted molar refractivity (Wildman–Crippen MR) is 89.6 cm³/mol. The molecule has 0 unspecified atom stereocenters. The van der Waals surface area contributed by atoms with Crippen LogP contribution in [0, 0.1) is 0 Å². The lowest BCUT2D eigenvalue weighted by Gasteiger charge is -2.09. The molecule has 0 aliphatic carbocycles. The van der Waals surface area contributed by atoms with Crippen LogP contribution in [0.5, 0.6) is 5.75 Å². The van der Waals surface area contributed by atoms with Crippen LogP contribution in [0.4, 0.5) is 5.69 Å². The van der Waals surface area contributed by atoms with Crippen LogP contribution >= 0.6 is 0 Å². The fraction of sp³-hybridized carbons (Fsp3) is 0.222. The molecule has 0 aliphatic heterocycles. The van der Waals surface area contributed by atoms with Gasteiger partial charge in [0.25, 0.3) is 5.91 Å². The van der Waals surface area contributed by atoms with Crippen LogP contribution in [0.15, 0.2) is 54.6 Å². The Kier molecular flexibility index (Phi) is 6.17. The zero-order chi connectivity index (χ0) is 16.5. The Morgan fingerprint density at radius 3 is 2.57 bits per heavy atom. The molecule has 0 bridgehead atoms. The van der Waals surface area contributed by atoms with Crippen LogP contribution in [0.2, 0.25) is 0 Å². The van der Waals surface area contributed by atoms with Crippen molar-refractivity contribution in [3.63, 3.8) is 0 Å². The van der Waals surface area contributed by atoms with E-state index >= 15 is 0 Å². The van der Waals surface area contributed by atoms with Gasteiger partial charge in [0.2, 0.25) is 5.91 Å².